The van der Waals surface area contributed by atoms with Gasteiger partial charge in [0.25, 0.3) is 0 Å². The van der Waals surface area contributed by atoms with Gasteiger partial charge in [-0.25, -0.2) is 4.98 Å². The van der Waals surface area contributed by atoms with Gasteiger partial charge in [0.05, 0.1) is 0 Å². The Morgan fingerprint density at radius 2 is 1.93 bits per heavy atom. The minimum Gasteiger partial charge on any atom is -0.388 e. The highest BCUT2D eigenvalue weighted by molar-refractivity contribution is 9.10. The third kappa shape index (κ3) is 2.87. The fourth-order valence-corrected chi connectivity index (χ4v) is 1.33. The zero-order chi connectivity index (χ0) is 10.9. The van der Waals surface area contributed by atoms with Gasteiger partial charge >= 0.3 is 6.36 Å². The Kier molecular flexibility index (Phi) is 3.04. The molecule has 0 amide bonds. The number of aromatic nitrogens is 1. The van der Waals surface area contributed by atoms with E-state index in [-0.39, 0.29) is 0 Å². The van der Waals surface area contributed by atoms with Crippen LogP contribution in [0.15, 0.2) is 10.7 Å². The predicted octanol–water partition coefficient (Wildman–Crippen LogP) is 3.36. The summed E-state index contributed by atoms with van der Waals surface area (Å²) in [5, 5.41) is 0. The van der Waals surface area contributed by atoms with E-state index in [1.807, 2.05) is 0 Å². The lowest BCUT2D eigenvalue weighted by Crippen LogP contribution is -2.18. The number of ether oxygens (including phenoxy) is 1. The largest absolute Gasteiger partial charge is 0.574 e. The molecule has 0 bridgehead atoms. The summed E-state index contributed by atoms with van der Waals surface area (Å²) < 4.78 is 39.5. The fourth-order valence-electron chi connectivity index (χ4n) is 0.840. The smallest absolute Gasteiger partial charge is 0.388 e. The minimum atomic E-state index is -4.70. The van der Waals surface area contributed by atoms with Crippen LogP contribution in [0, 0.1) is 13.8 Å². The maximum atomic E-state index is 11.8. The van der Waals surface area contributed by atoms with Crippen molar-refractivity contribution in [3.05, 3.63) is 21.8 Å². The number of nitrogens with zero attached hydrogens (tertiary/aromatic N) is 1. The molecule has 0 spiro atoms. The van der Waals surface area contributed by atoms with Crippen LogP contribution < -0.4 is 4.74 Å². The summed E-state index contributed by atoms with van der Waals surface area (Å²) in [5.41, 5.74) is 1.48. The first-order valence-electron chi connectivity index (χ1n) is 3.69. The molecule has 0 fully saturated rings. The average Bonchev–Trinajstić information content (AvgIpc) is 1.96. The van der Waals surface area contributed by atoms with E-state index in [4.69, 9.17) is 0 Å². The zero-order valence-corrected chi connectivity index (χ0v) is 9.03. The molecular weight excluding hydrogens is 263 g/mol. The van der Waals surface area contributed by atoms with Crippen molar-refractivity contribution in [2.45, 2.75) is 20.2 Å². The summed E-state index contributed by atoms with van der Waals surface area (Å²) >= 11 is 3.05. The van der Waals surface area contributed by atoms with Crippen LogP contribution >= 0.6 is 15.9 Å². The summed E-state index contributed by atoms with van der Waals surface area (Å²) in [7, 11) is 0. The molecule has 0 aliphatic rings. The Morgan fingerprint density at radius 3 is 2.36 bits per heavy atom. The minimum absolute atomic E-state index is 0.358. The van der Waals surface area contributed by atoms with Gasteiger partial charge in [-0.1, -0.05) is 0 Å². The van der Waals surface area contributed by atoms with Gasteiger partial charge in [0.15, 0.2) is 0 Å². The van der Waals surface area contributed by atoms with E-state index in [2.05, 4.69) is 25.7 Å². The summed E-state index contributed by atoms with van der Waals surface area (Å²) in [6.45, 7) is 3.44. The molecule has 1 heterocycles. The van der Waals surface area contributed by atoms with E-state index in [1.54, 1.807) is 13.8 Å². The summed E-state index contributed by atoms with van der Waals surface area (Å²) in [6, 6.07) is 1.24. The van der Waals surface area contributed by atoms with Crippen molar-refractivity contribution in [3.63, 3.8) is 0 Å². The lowest BCUT2D eigenvalue weighted by Gasteiger charge is -2.10. The van der Waals surface area contributed by atoms with Gasteiger partial charge in [0.2, 0.25) is 5.88 Å². The van der Waals surface area contributed by atoms with Crippen LogP contribution in [0.5, 0.6) is 5.88 Å². The van der Waals surface area contributed by atoms with E-state index < -0.39 is 12.2 Å². The molecule has 2 nitrogen and oxygen atoms in total. The van der Waals surface area contributed by atoms with Gasteiger partial charge in [0, 0.05) is 6.07 Å². The number of aryl methyl sites for hydroxylation is 1. The van der Waals surface area contributed by atoms with E-state index in [0.29, 0.717) is 10.2 Å². The monoisotopic (exact) mass is 269 g/mol. The van der Waals surface area contributed by atoms with E-state index >= 15 is 0 Å². The number of hydrogen-bond acceptors (Lipinski definition) is 2. The van der Waals surface area contributed by atoms with Gasteiger partial charge in [0.1, 0.15) is 4.60 Å². The highest BCUT2D eigenvalue weighted by atomic mass is 79.9. The van der Waals surface area contributed by atoms with Crippen LogP contribution in [0.2, 0.25) is 0 Å². The van der Waals surface area contributed by atoms with Crippen LogP contribution in [0.3, 0.4) is 0 Å². The Balaban J connectivity index is 3.02. The Labute approximate surface area is 87.2 Å². The molecule has 0 aliphatic carbocycles. The molecule has 6 heteroatoms. The predicted molar refractivity (Wildman–Crippen MR) is 48.1 cm³/mol. The molecule has 0 atom stereocenters. The lowest BCUT2D eigenvalue weighted by molar-refractivity contribution is -0.276. The van der Waals surface area contributed by atoms with Crippen molar-refractivity contribution in [2.75, 3.05) is 0 Å². The normalized spacial score (nSPS) is 11.6. The second kappa shape index (κ2) is 3.76. The van der Waals surface area contributed by atoms with Crippen molar-refractivity contribution in [1.82, 2.24) is 4.98 Å². The van der Waals surface area contributed by atoms with Gasteiger partial charge in [-0.05, 0) is 40.9 Å². The Hall–Kier alpha value is -0.780. The molecule has 0 saturated carbocycles. The molecule has 0 unspecified atom stereocenters. The molecule has 0 aliphatic heterocycles. The molecule has 0 saturated heterocycles. The van der Waals surface area contributed by atoms with Crippen molar-refractivity contribution < 1.29 is 17.9 Å². The van der Waals surface area contributed by atoms with Gasteiger partial charge < -0.3 is 4.74 Å². The first-order valence-corrected chi connectivity index (χ1v) is 4.48. The summed E-state index contributed by atoms with van der Waals surface area (Å²) in [4.78, 5) is 3.59. The highest BCUT2D eigenvalue weighted by Gasteiger charge is 2.32. The molecule has 1 aromatic rings. The Morgan fingerprint density at radius 1 is 1.36 bits per heavy atom. The maximum Gasteiger partial charge on any atom is 0.574 e. The van der Waals surface area contributed by atoms with E-state index in [1.165, 1.54) is 6.07 Å². The van der Waals surface area contributed by atoms with Gasteiger partial charge in [-0.15, -0.1) is 13.2 Å². The Bertz CT molecular complexity index is 328. The lowest BCUT2D eigenvalue weighted by atomic mass is 10.2. The molecule has 1 rings (SSSR count). The summed E-state index contributed by atoms with van der Waals surface area (Å²) in [5.74, 6) is -0.451. The highest BCUT2D eigenvalue weighted by Crippen LogP contribution is 2.26. The molecule has 0 N–H and O–H groups in total. The number of halogens is 4. The standard InChI is InChI=1S/C8H7BrF3NO/c1-4-3-6(14-8(10,11)12)13-7(9)5(4)2/h3H,1-2H3. The third-order valence-corrected chi connectivity index (χ3v) is 2.44. The van der Waals surface area contributed by atoms with E-state index in [9.17, 15) is 13.2 Å². The van der Waals surface area contributed by atoms with Crippen molar-refractivity contribution in [2.24, 2.45) is 0 Å². The molecule has 0 aromatic carbocycles. The first kappa shape index (κ1) is 11.3. The second-order valence-electron chi connectivity index (χ2n) is 2.74. The molecule has 14 heavy (non-hydrogen) atoms. The van der Waals surface area contributed by atoms with E-state index in [0.717, 1.165) is 5.56 Å². The molecule has 1 aromatic heterocycles. The molecular formula is C8H7BrF3NO. The SMILES string of the molecule is Cc1cc(OC(F)(F)F)nc(Br)c1C. The third-order valence-electron chi connectivity index (χ3n) is 1.67. The molecule has 78 valence electrons. The number of pyridine rings is 1. The van der Waals surface area contributed by atoms with Crippen LogP contribution in [0.1, 0.15) is 11.1 Å². The van der Waals surface area contributed by atoms with Gasteiger partial charge in [-0.2, -0.15) is 0 Å². The number of rotatable bonds is 1. The van der Waals surface area contributed by atoms with Crippen LogP contribution in [-0.4, -0.2) is 11.3 Å². The topological polar surface area (TPSA) is 22.1 Å². The van der Waals surface area contributed by atoms with Crippen LogP contribution in [-0.2, 0) is 0 Å². The van der Waals surface area contributed by atoms with Gasteiger partial charge in [-0.3, -0.25) is 0 Å². The number of hydrogen-bond donors (Lipinski definition) is 0. The van der Waals surface area contributed by atoms with Crippen molar-refractivity contribution in [1.29, 1.82) is 0 Å². The average molecular weight is 270 g/mol. The van der Waals surface area contributed by atoms with Crippen LogP contribution in [0.4, 0.5) is 13.2 Å². The maximum absolute atomic E-state index is 11.8. The quantitative estimate of drug-likeness (QED) is 0.730. The molecule has 0 radical (unpaired) electrons. The second-order valence-corrected chi connectivity index (χ2v) is 3.49. The first-order chi connectivity index (χ1) is 6.29. The van der Waals surface area contributed by atoms with Crippen molar-refractivity contribution >= 4 is 15.9 Å². The number of alkyl halides is 3. The fraction of sp³-hybridized carbons (Fsp3) is 0.375. The summed E-state index contributed by atoms with van der Waals surface area (Å²) in [6.07, 6.45) is -4.70. The van der Waals surface area contributed by atoms with Crippen molar-refractivity contribution in [3.8, 4) is 5.88 Å². The zero-order valence-electron chi connectivity index (χ0n) is 7.44. The van der Waals surface area contributed by atoms with Crippen LogP contribution in [0.25, 0.3) is 0 Å².